The number of nitrogens with two attached hydrogens (primary N) is 1. The van der Waals surface area contributed by atoms with Gasteiger partial charge in [-0.25, -0.2) is 4.79 Å². The van der Waals surface area contributed by atoms with Crippen LogP contribution in [-0.4, -0.2) is 43.0 Å². The Balaban J connectivity index is 1.74. The molecule has 9 nitrogen and oxygen atoms in total. The van der Waals surface area contributed by atoms with E-state index in [1.807, 2.05) is 18.2 Å². The van der Waals surface area contributed by atoms with E-state index in [4.69, 9.17) is 10.5 Å². The fourth-order valence-corrected chi connectivity index (χ4v) is 3.79. The van der Waals surface area contributed by atoms with Crippen LogP contribution in [0.4, 0.5) is 5.82 Å². The highest BCUT2D eigenvalue weighted by Gasteiger charge is 2.16. The first kappa shape index (κ1) is 21.7. The van der Waals surface area contributed by atoms with Gasteiger partial charge in [0.2, 0.25) is 0 Å². The van der Waals surface area contributed by atoms with Gasteiger partial charge in [0.1, 0.15) is 5.52 Å². The summed E-state index contributed by atoms with van der Waals surface area (Å²) in [6.07, 6.45) is 1.85. The fourth-order valence-electron chi connectivity index (χ4n) is 2.88. The normalized spacial score (nSPS) is 12.2. The summed E-state index contributed by atoms with van der Waals surface area (Å²) in [5.74, 6) is -0.678. The van der Waals surface area contributed by atoms with Gasteiger partial charge in [-0.1, -0.05) is 25.5 Å². The summed E-state index contributed by atoms with van der Waals surface area (Å²) in [6, 6.07) is 7.57. The van der Waals surface area contributed by atoms with Crippen LogP contribution in [-0.2, 0) is 11.3 Å². The van der Waals surface area contributed by atoms with E-state index in [0.29, 0.717) is 30.1 Å². The molecule has 30 heavy (non-hydrogen) atoms. The van der Waals surface area contributed by atoms with Gasteiger partial charge in [-0.2, -0.15) is 9.97 Å². The Morgan fingerprint density at radius 1 is 1.40 bits per heavy atom. The Labute approximate surface area is 177 Å². The Morgan fingerprint density at radius 3 is 2.93 bits per heavy atom. The average molecular weight is 432 g/mol. The number of aryl methyl sites for hydroxylation is 1. The number of H-pyrrole nitrogens is 1. The van der Waals surface area contributed by atoms with Gasteiger partial charge in [-0.05, 0) is 31.0 Å². The number of aromatic nitrogens is 4. The lowest BCUT2D eigenvalue weighted by Gasteiger charge is -2.09. The molecule has 0 saturated heterocycles. The largest absolute Gasteiger partial charge is 0.481 e. The number of ether oxygens (including phenoxy) is 1. The fraction of sp³-hybridized carbons (Fsp3) is 0.400. The van der Waals surface area contributed by atoms with Crippen LogP contribution in [0.1, 0.15) is 38.2 Å². The van der Waals surface area contributed by atoms with Crippen molar-refractivity contribution in [1.29, 1.82) is 0 Å². The quantitative estimate of drug-likeness (QED) is 0.329. The number of anilines is 1. The molecule has 1 aromatic carbocycles. The predicted octanol–water partition coefficient (Wildman–Crippen LogP) is 2.86. The lowest BCUT2D eigenvalue weighted by atomic mass is 10.0. The number of aliphatic carboxylic acids is 1. The van der Waals surface area contributed by atoms with Crippen LogP contribution in [0.25, 0.3) is 11.2 Å². The van der Waals surface area contributed by atoms with Crippen molar-refractivity contribution in [3.63, 3.8) is 0 Å². The molecule has 3 rings (SSSR count). The van der Waals surface area contributed by atoms with Crippen molar-refractivity contribution in [2.24, 2.45) is 0 Å². The Hall–Kier alpha value is -3.01. The Bertz CT molecular complexity index is 1090. The molecule has 1 atom stereocenters. The number of fused-ring (bicyclic) bond motifs is 1. The molecule has 160 valence electrons. The van der Waals surface area contributed by atoms with Gasteiger partial charge in [-0.3, -0.25) is 9.36 Å². The molecule has 0 aliphatic rings. The number of nitrogens with zero attached hydrogens (tertiary/aromatic N) is 3. The number of unbranched alkanes of at least 4 members (excludes halogenated alkanes) is 1. The van der Waals surface area contributed by atoms with Crippen molar-refractivity contribution in [3.8, 4) is 6.01 Å². The van der Waals surface area contributed by atoms with Gasteiger partial charge in [-0.15, -0.1) is 11.8 Å². The summed E-state index contributed by atoms with van der Waals surface area (Å²) in [6.45, 7) is 4.59. The molecular weight excluding hydrogens is 406 g/mol. The van der Waals surface area contributed by atoms with Crippen molar-refractivity contribution in [2.45, 2.75) is 44.0 Å². The molecule has 1 unspecified atom stereocenters. The molecule has 0 spiro atoms. The lowest BCUT2D eigenvalue weighted by Crippen LogP contribution is -2.18. The minimum atomic E-state index is -0.864. The standard InChI is InChI=1S/C20H25N5O4S/c1-3-4-9-29-19-23-16(21)15-17(24-19)25(20(28)22-15)8-10-30-14-7-5-6-13(11-14)12(2)18(26)27/h5-7,11-12H,3-4,8-10H2,1-2H3,(H,22,28)(H,26,27)(H2,21,23,24). The number of benzene rings is 1. The van der Waals surface area contributed by atoms with Crippen LogP contribution in [0.15, 0.2) is 34.0 Å². The lowest BCUT2D eigenvalue weighted by molar-refractivity contribution is -0.138. The molecule has 0 amide bonds. The second kappa shape index (κ2) is 9.66. The molecule has 0 saturated carbocycles. The van der Waals surface area contributed by atoms with Crippen LogP contribution < -0.4 is 16.2 Å². The summed E-state index contributed by atoms with van der Waals surface area (Å²) in [4.78, 5) is 35.7. The predicted molar refractivity (Wildman–Crippen MR) is 116 cm³/mol. The summed E-state index contributed by atoms with van der Waals surface area (Å²) in [5.41, 5.74) is 7.20. The van der Waals surface area contributed by atoms with Crippen molar-refractivity contribution in [2.75, 3.05) is 18.1 Å². The third-order valence-electron chi connectivity index (χ3n) is 4.67. The van der Waals surface area contributed by atoms with E-state index in [-0.39, 0.29) is 17.5 Å². The van der Waals surface area contributed by atoms with Crippen molar-refractivity contribution in [3.05, 3.63) is 40.3 Å². The van der Waals surface area contributed by atoms with Crippen LogP contribution >= 0.6 is 11.8 Å². The molecule has 0 fully saturated rings. The number of carboxylic acids is 1. The third-order valence-corrected chi connectivity index (χ3v) is 5.65. The molecular formula is C20H25N5O4S. The maximum absolute atomic E-state index is 12.4. The first-order chi connectivity index (χ1) is 14.4. The highest BCUT2D eigenvalue weighted by atomic mass is 32.2. The molecule has 4 N–H and O–H groups in total. The first-order valence-electron chi connectivity index (χ1n) is 9.75. The van der Waals surface area contributed by atoms with Crippen molar-refractivity contribution in [1.82, 2.24) is 19.5 Å². The van der Waals surface area contributed by atoms with Crippen LogP contribution in [0.3, 0.4) is 0 Å². The number of hydrogen-bond acceptors (Lipinski definition) is 7. The number of imidazole rings is 1. The van der Waals surface area contributed by atoms with Gasteiger partial charge in [0.15, 0.2) is 11.5 Å². The number of nitrogen functional groups attached to an aromatic ring is 1. The zero-order chi connectivity index (χ0) is 21.7. The number of nitrogens with one attached hydrogen (secondary N) is 1. The Morgan fingerprint density at radius 2 is 2.20 bits per heavy atom. The van der Waals surface area contributed by atoms with E-state index in [2.05, 4.69) is 21.9 Å². The molecule has 0 aliphatic carbocycles. The van der Waals surface area contributed by atoms with Gasteiger partial charge in [0.25, 0.3) is 0 Å². The molecule has 0 radical (unpaired) electrons. The van der Waals surface area contributed by atoms with E-state index >= 15 is 0 Å². The molecule has 3 aromatic rings. The first-order valence-corrected chi connectivity index (χ1v) is 10.7. The maximum atomic E-state index is 12.4. The van der Waals surface area contributed by atoms with Crippen LogP contribution in [0, 0.1) is 0 Å². The monoisotopic (exact) mass is 431 g/mol. The van der Waals surface area contributed by atoms with Crippen LogP contribution in [0.2, 0.25) is 0 Å². The van der Waals surface area contributed by atoms with Crippen molar-refractivity contribution < 1.29 is 14.6 Å². The highest BCUT2D eigenvalue weighted by molar-refractivity contribution is 7.99. The summed E-state index contributed by atoms with van der Waals surface area (Å²) >= 11 is 1.53. The molecule has 0 aliphatic heterocycles. The number of carbonyl (C=O) groups is 1. The summed E-state index contributed by atoms with van der Waals surface area (Å²) in [7, 11) is 0. The van der Waals surface area contributed by atoms with E-state index in [9.17, 15) is 14.7 Å². The minimum Gasteiger partial charge on any atom is -0.481 e. The average Bonchev–Trinajstić information content (AvgIpc) is 3.04. The van der Waals surface area contributed by atoms with E-state index < -0.39 is 11.9 Å². The number of carboxylic acid groups (broad SMARTS) is 1. The second-order valence-corrected chi connectivity index (χ2v) is 8.02. The van der Waals surface area contributed by atoms with Gasteiger partial charge >= 0.3 is 17.7 Å². The van der Waals surface area contributed by atoms with E-state index in [0.717, 1.165) is 23.3 Å². The SMILES string of the molecule is CCCCOc1nc(N)c2[nH]c(=O)n(CCSc3cccc(C(C)C(=O)O)c3)c2n1. The summed E-state index contributed by atoms with van der Waals surface area (Å²) < 4.78 is 7.05. The zero-order valence-electron chi connectivity index (χ0n) is 16.9. The highest BCUT2D eigenvalue weighted by Crippen LogP contribution is 2.24. The molecule has 0 bridgehead atoms. The zero-order valence-corrected chi connectivity index (χ0v) is 17.7. The maximum Gasteiger partial charge on any atom is 0.327 e. The number of hydrogen-bond donors (Lipinski definition) is 3. The second-order valence-electron chi connectivity index (χ2n) is 6.85. The molecule has 2 aromatic heterocycles. The number of aromatic amines is 1. The van der Waals surface area contributed by atoms with Crippen LogP contribution in [0.5, 0.6) is 6.01 Å². The number of rotatable bonds is 10. The van der Waals surface area contributed by atoms with Gasteiger partial charge in [0, 0.05) is 17.2 Å². The topological polar surface area (TPSA) is 136 Å². The smallest absolute Gasteiger partial charge is 0.327 e. The minimum absolute atomic E-state index is 0.157. The number of thioether (sulfide) groups is 1. The van der Waals surface area contributed by atoms with Gasteiger partial charge < -0.3 is 20.6 Å². The van der Waals surface area contributed by atoms with E-state index in [1.165, 1.54) is 16.3 Å². The molecule has 10 heteroatoms. The summed E-state index contributed by atoms with van der Waals surface area (Å²) in [5, 5.41) is 9.19. The van der Waals surface area contributed by atoms with E-state index in [1.54, 1.807) is 13.0 Å². The third kappa shape index (κ3) is 4.93. The van der Waals surface area contributed by atoms with Crippen molar-refractivity contribution >= 4 is 34.7 Å². The molecule has 2 heterocycles. The van der Waals surface area contributed by atoms with Gasteiger partial charge in [0.05, 0.1) is 12.5 Å². The Kier molecular flexibility index (Phi) is 6.99.